The molecule has 2 N–H and O–H groups in total. The van der Waals surface area contributed by atoms with E-state index in [9.17, 15) is 18.0 Å². The van der Waals surface area contributed by atoms with Crippen molar-refractivity contribution in [2.45, 2.75) is 18.9 Å². The molecule has 0 bridgehead atoms. The highest BCUT2D eigenvalue weighted by Gasteiger charge is 2.39. The average molecular weight is 376 g/mol. The first-order valence-corrected chi connectivity index (χ1v) is 9.94. The highest BCUT2D eigenvalue weighted by Crippen LogP contribution is 2.24. The number of sulfone groups is 1. The molecule has 1 saturated heterocycles. The van der Waals surface area contributed by atoms with Gasteiger partial charge in [-0.05, 0) is 42.7 Å². The number of esters is 1. The monoisotopic (exact) mass is 376 g/mol. The Bertz CT molecular complexity index is 946. The summed E-state index contributed by atoms with van der Waals surface area (Å²) in [6.07, 6.45) is 2.10. The van der Waals surface area contributed by atoms with Gasteiger partial charge in [-0.1, -0.05) is 12.1 Å². The van der Waals surface area contributed by atoms with E-state index in [0.717, 1.165) is 11.1 Å². The van der Waals surface area contributed by atoms with Crippen LogP contribution in [0.2, 0.25) is 0 Å². The number of methoxy groups -OCH3 is 1. The molecule has 26 heavy (non-hydrogen) atoms. The summed E-state index contributed by atoms with van der Waals surface area (Å²) in [4.78, 5) is 26.8. The quantitative estimate of drug-likeness (QED) is 0.791. The fraction of sp³-hybridized carbons (Fsp3) is 0.333. The molecule has 3 rings (SSSR count). The Balaban J connectivity index is 1.72. The second kappa shape index (κ2) is 6.60. The van der Waals surface area contributed by atoms with Crippen LogP contribution >= 0.6 is 0 Å². The van der Waals surface area contributed by atoms with Gasteiger partial charge in [0.1, 0.15) is 5.69 Å². The maximum absolute atomic E-state index is 12.4. The van der Waals surface area contributed by atoms with Crippen LogP contribution in [0.4, 0.5) is 0 Å². The van der Waals surface area contributed by atoms with Gasteiger partial charge in [0.15, 0.2) is 9.84 Å². The van der Waals surface area contributed by atoms with Crippen molar-refractivity contribution in [1.82, 2.24) is 10.3 Å². The molecule has 2 aromatic rings. The minimum absolute atomic E-state index is 0.0382. The number of H-pyrrole nitrogens is 1. The van der Waals surface area contributed by atoms with E-state index in [1.54, 1.807) is 43.5 Å². The van der Waals surface area contributed by atoms with Crippen molar-refractivity contribution in [3.63, 3.8) is 0 Å². The molecule has 2 heterocycles. The van der Waals surface area contributed by atoms with E-state index in [2.05, 4.69) is 15.0 Å². The molecule has 1 atom stereocenters. The number of nitrogens with one attached hydrogen (secondary N) is 2. The summed E-state index contributed by atoms with van der Waals surface area (Å²) in [5.74, 6) is -0.699. The predicted octanol–water partition coefficient (Wildman–Crippen LogP) is 1.78. The fourth-order valence-electron chi connectivity index (χ4n) is 3.06. The van der Waals surface area contributed by atoms with Gasteiger partial charge in [0, 0.05) is 11.8 Å². The van der Waals surface area contributed by atoms with Crippen LogP contribution < -0.4 is 5.32 Å². The number of amides is 1. The minimum atomic E-state index is -3.09. The first-order valence-electron chi connectivity index (χ1n) is 8.11. The van der Waals surface area contributed by atoms with Crippen molar-refractivity contribution < 1.29 is 22.7 Å². The van der Waals surface area contributed by atoms with Crippen molar-refractivity contribution in [1.29, 1.82) is 0 Å². The number of rotatable bonds is 4. The van der Waals surface area contributed by atoms with E-state index in [0.29, 0.717) is 17.7 Å². The predicted molar refractivity (Wildman–Crippen MR) is 96.7 cm³/mol. The third-order valence-electron chi connectivity index (χ3n) is 4.49. The Hall–Kier alpha value is -2.61. The Kier molecular flexibility index (Phi) is 4.62. The zero-order valence-corrected chi connectivity index (χ0v) is 15.4. The Morgan fingerprint density at radius 1 is 1.19 bits per heavy atom. The van der Waals surface area contributed by atoms with Gasteiger partial charge in [-0.2, -0.15) is 0 Å². The molecule has 7 nitrogen and oxygen atoms in total. The van der Waals surface area contributed by atoms with E-state index >= 15 is 0 Å². The van der Waals surface area contributed by atoms with Crippen LogP contribution in [0.3, 0.4) is 0 Å². The summed E-state index contributed by atoms with van der Waals surface area (Å²) in [5, 5.41) is 2.83. The van der Waals surface area contributed by atoms with E-state index < -0.39 is 21.3 Å². The third-order valence-corrected chi connectivity index (χ3v) is 6.39. The van der Waals surface area contributed by atoms with Crippen molar-refractivity contribution >= 4 is 21.7 Å². The maximum atomic E-state index is 12.4. The number of carbonyl (C=O) groups is 2. The van der Waals surface area contributed by atoms with Crippen molar-refractivity contribution in [3.05, 3.63) is 47.8 Å². The Morgan fingerprint density at radius 2 is 1.88 bits per heavy atom. The lowest BCUT2D eigenvalue weighted by Gasteiger charge is -2.23. The third kappa shape index (κ3) is 3.80. The van der Waals surface area contributed by atoms with Gasteiger partial charge in [0.2, 0.25) is 0 Å². The molecule has 1 unspecified atom stereocenters. The zero-order valence-electron chi connectivity index (χ0n) is 14.5. The number of hydrogen-bond acceptors (Lipinski definition) is 5. The van der Waals surface area contributed by atoms with Gasteiger partial charge >= 0.3 is 5.97 Å². The van der Waals surface area contributed by atoms with E-state index in [1.165, 1.54) is 7.11 Å². The average Bonchev–Trinajstić information content (AvgIpc) is 3.19. The molecule has 1 aromatic heterocycles. The van der Waals surface area contributed by atoms with Gasteiger partial charge in [0.25, 0.3) is 5.91 Å². The minimum Gasteiger partial charge on any atom is -0.464 e. The molecule has 1 aliphatic heterocycles. The number of hydrogen-bond donors (Lipinski definition) is 2. The first-order chi connectivity index (χ1) is 12.2. The zero-order chi connectivity index (χ0) is 18.9. The molecular weight excluding hydrogens is 356 g/mol. The molecule has 0 aliphatic carbocycles. The molecule has 1 aliphatic rings. The molecule has 8 heteroatoms. The van der Waals surface area contributed by atoms with Gasteiger partial charge in [0.05, 0.1) is 24.2 Å². The van der Waals surface area contributed by atoms with Crippen molar-refractivity contribution in [3.8, 4) is 11.1 Å². The topological polar surface area (TPSA) is 105 Å². The highest BCUT2D eigenvalue weighted by molar-refractivity contribution is 7.91. The summed E-state index contributed by atoms with van der Waals surface area (Å²) < 4.78 is 28.0. The summed E-state index contributed by atoms with van der Waals surface area (Å²) >= 11 is 0. The highest BCUT2D eigenvalue weighted by atomic mass is 32.2. The van der Waals surface area contributed by atoms with Crippen LogP contribution in [0.1, 0.15) is 34.2 Å². The Morgan fingerprint density at radius 3 is 2.46 bits per heavy atom. The van der Waals surface area contributed by atoms with Crippen molar-refractivity contribution in [2.75, 3.05) is 18.6 Å². The summed E-state index contributed by atoms with van der Waals surface area (Å²) in [6.45, 7) is 1.75. The maximum Gasteiger partial charge on any atom is 0.354 e. The van der Waals surface area contributed by atoms with Crippen LogP contribution in [0, 0.1) is 0 Å². The van der Waals surface area contributed by atoms with Gasteiger partial charge < -0.3 is 15.0 Å². The normalized spacial score (nSPS) is 21.3. The molecule has 0 radical (unpaired) electrons. The van der Waals surface area contributed by atoms with Gasteiger partial charge in [-0.3, -0.25) is 4.79 Å². The van der Waals surface area contributed by atoms with E-state index in [4.69, 9.17) is 0 Å². The molecule has 1 amide bonds. The number of ether oxygens (including phenoxy) is 1. The number of carbonyl (C=O) groups excluding carboxylic acids is 2. The second-order valence-electron chi connectivity index (χ2n) is 6.73. The second-order valence-corrected chi connectivity index (χ2v) is 8.91. The molecule has 1 aromatic carbocycles. The molecule has 1 fully saturated rings. The Labute approximate surface area is 151 Å². The number of aromatic nitrogens is 1. The van der Waals surface area contributed by atoms with Crippen LogP contribution in [0.5, 0.6) is 0 Å². The fourth-order valence-corrected chi connectivity index (χ4v) is 5.15. The van der Waals surface area contributed by atoms with Crippen molar-refractivity contribution in [2.24, 2.45) is 0 Å². The lowest BCUT2D eigenvalue weighted by atomic mass is 10.0. The van der Waals surface area contributed by atoms with E-state index in [-0.39, 0.29) is 17.4 Å². The summed E-state index contributed by atoms with van der Waals surface area (Å²) in [7, 11) is -1.78. The molecule has 138 valence electrons. The largest absolute Gasteiger partial charge is 0.464 e. The van der Waals surface area contributed by atoms with Crippen LogP contribution in [-0.2, 0) is 14.6 Å². The van der Waals surface area contributed by atoms with Crippen LogP contribution in [0.25, 0.3) is 11.1 Å². The first kappa shape index (κ1) is 18.2. The van der Waals surface area contributed by atoms with Crippen LogP contribution in [0.15, 0.2) is 36.5 Å². The lowest BCUT2D eigenvalue weighted by Crippen LogP contribution is -2.46. The lowest BCUT2D eigenvalue weighted by molar-refractivity contribution is 0.0594. The molecule has 0 saturated carbocycles. The molecule has 0 spiro atoms. The SMILES string of the molecule is COC(=O)c1cc(-c2ccc(C(=O)NC3(C)CCS(=O)(=O)C3)cc2)c[nH]1. The van der Waals surface area contributed by atoms with Gasteiger partial charge in [-0.15, -0.1) is 0 Å². The van der Waals surface area contributed by atoms with Gasteiger partial charge in [-0.25, -0.2) is 13.2 Å². The standard InChI is InChI=1S/C18H20N2O5S/c1-18(7-8-26(23,24)11-18)20-16(21)13-5-3-12(4-6-13)14-9-15(19-10-14)17(22)25-2/h3-6,9-10,19H,7-8,11H2,1-2H3,(H,20,21). The number of aromatic amines is 1. The van der Waals surface area contributed by atoms with Crippen LogP contribution in [-0.4, -0.2) is 49.4 Å². The van der Waals surface area contributed by atoms with E-state index in [1.807, 2.05) is 0 Å². The number of benzene rings is 1. The summed E-state index contributed by atoms with van der Waals surface area (Å²) in [6, 6.07) is 8.55. The smallest absolute Gasteiger partial charge is 0.354 e. The summed E-state index contributed by atoms with van der Waals surface area (Å²) in [5.41, 5.74) is 1.70. The molecular formula is C18H20N2O5S.